The summed E-state index contributed by atoms with van der Waals surface area (Å²) in [5.41, 5.74) is 0.113. The fourth-order valence-corrected chi connectivity index (χ4v) is 5.82. The number of benzene rings is 1. The maximum atomic E-state index is 14.0. The highest BCUT2D eigenvalue weighted by atomic mass is 32.2. The summed E-state index contributed by atoms with van der Waals surface area (Å²) < 4.78 is 55.7. The first-order valence-corrected chi connectivity index (χ1v) is 10.8. The van der Waals surface area contributed by atoms with Gasteiger partial charge in [0.25, 0.3) is 5.91 Å². The monoisotopic (exact) mass is 425 g/mol. The van der Waals surface area contributed by atoms with Crippen LogP contribution in [0.4, 0.5) is 8.78 Å². The highest BCUT2D eigenvalue weighted by molar-refractivity contribution is 7.89. The first-order valence-electron chi connectivity index (χ1n) is 9.36. The number of sulfonamides is 1. The Bertz CT molecular complexity index is 1050. The van der Waals surface area contributed by atoms with E-state index in [4.69, 9.17) is 0 Å². The average molecular weight is 425 g/mol. The van der Waals surface area contributed by atoms with Gasteiger partial charge in [-0.2, -0.15) is 4.31 Å². The first-order chi connectivity index (χ1) is 13.8. The summed E-state index contributed by atoms with van der Waals surface area (Å²) in [4.78, 5) is 11.2. The largest absolute Gasteiger partial charge is 0.354 e. The van der Waals surface area contributed by atoms with Crippen LogP contribution >= 0.6 is 0 Å². The molecule has 2 heterocycles. The third kappa shape index (κ3) is 3.31. The van der Waals surface area contributed by atoms with Gasteiger partial charge in [-0.1, -0.05) is 5.21 Å². The Labute approximate surface area is 166 Å². The molecule has 1 atom stereocenters. The van der Waals surface area contributed by atoms with Crippen molar-refractivity contribution in [3.05, 3.63) is 41.7 Å². The average Bonchev–Trinajstić information content (AvgIpc) is 3.15. The summed E-state index contributed by atoms with van der Waals surface area (Å²) >= 11 is 0. The van der Waals surface area contributed by atoms with Crippen LogP contribution in [0.25, 0.3) is 0 Å². The maximum Gasteiger partial charge on any atom is 0.273 e. The Morgan fingerprint density at radius 3 is 2.55 bits per heavy atom. The van der Waals surface area contributed by atoms with E-state index in [-0.39, 0.29) is 36.1 Å². The van der Waals surface area contributed by atoms with Crippen LogP contribution in [0.5, 0.6) is 0 Å². The molecule has 1 aliphatic heterocycles. The topological polar surface area (TPSA) is 97.2 Å². The van der Waals surface area contributed by atoms with Gasteiger partial charge in [-0.3, -0.25) is 4.79 Å². The number of nitrogens with zero attached hydrogens (tertiary/aromatic N) is 4. The van der Waals surface area contributed by atoms with Crippen molar-refractivity contribution >= 4 is 15.9 Å². The summed E-state index contributed by atoms with van der Waals surface area (Å²) in [6.07, 6.45) is 4.59. The number of carbonyl (C=O) groups excluding carboxylic acids is 1. The second-order valence-electron chi connectivity index (χ2n) is 7.56. The third-order valence-corrected chi connectivity index (χ3v) is 8.07. The van der Waals surface area contributed by atoms with Crippen LogP contribution in [-0.4, -0.2) is 53.8 Å². The van der Waals surface area contributed by atoms with E-state index in [9.17, 15) is 22.0 Å². The maximum absolute atomic E-state index is 14.0. The Morgan fingerprint density at radius 1 is 1.24 bits per heavy atom. The molecule has 1 saturated carbocycles. The SMILES string of the molecule is CNC(=O)c1cn(C2CCC23CCN(S(=O)(=O)c2ccc(F)cc2F)CC3)nn1. The Morgan fingerprint density at radius 2 is 1.97 bits per heavy atom. The summed E-state index contributed by atoms with van der Waals surface area (Å²) in [6.45, 7) is 0.485. The van der Waals surface area contributed by atoms with Gasteiger partial charge in [0, 0.05) is 26.2 Å². The van der Waals surface area contributed by atoms with Crippen LogP contribution in [0, 0.1) is 17.0 Å². The highest BCUT2D eigenvalue weighted by Gasteiger charge is 2.51. The molecule has 2 aliphatic rings. The first kappa shape index (κ1) is 19.9. The summed E-state index contributed by atoms with van der Waals surface area (Å²) in [7, 11) is -2.51. The number of halogens is 2. The minimum Gasteiger partial charge on any atom is -0.354 e. The van der Waals surface area contributed by atoms with Gasteiger partial charge in [0.05, 0.1) is 12.2 Å². The molecule has 0 radical (unpaired) electrons. The van der Waals surface area contributed by atoms with Crippen LogP contribution in [0.2, 0.25) is 0 Å². The number of carbonyl (C=O) groups is 1. The lowest BCUT2D eigenvalue weighted by atomic mass is 9.59. The molecular weight excluding hydrogens is 404 g/mol. The second kappa shape index (κ2) is 7.13. The van der Waals surface area contributed by atoms with Crippen molar-refractivity contribution in [3.8, 4) is 0 Å². The van der Waals surface area contributed by atoms with E-state index in [0.717, 1.165) is 25.0 Å². The number of rotatable bonds is 4. The predicted molar refractivity (Wildman–Crippen MR) is 98.5 cm³/mol. The van der Waals surface area contributed by atoms with Gasteiger partial charge in [-0.15, -0.1) is 5.10 Å². The van der Waals surface area contributed by atoms with Crippen molar-refractivity contribution in [2.24, 2.45) is 5.41 Å². The van der Waals surface area contributed by atoms with Crippen LogP contribution in [0.1, 0.15) is 42.2 Å². The smallest absolute Gasteiger partial charge is 0.273 e. The predicted octanol–water partition coefficient (Wildman–Crippen LogP) is 1.72. The molecule has 1 saturated heterocycles. The van der Waals surface area contributed by atoms with Crippen LogP contribution < -0.4 is 5.32 Å². The molecule has 29 heavy (non-hydrogen) atoms. The lowest BCUT2D eigenvalue weighted by Gasteiger charge is -2.53. The fourth-order valence-electron chi connectivity index (χ4n) is 4.33. The summed E-state index contributed by atoms with van der Waals surface area (Å²) in [6, 6.07) is 2.53. The van der Waals surface area contributed by atoms with E-state index in [1.807, 2.05) is 0 Å². The van der Waals surface area contributed by atoms with Gasteiger partial charge >= 0.3 is 0 Å². The molecule has 1 aromatic heterocycles. The van der Waals surface area contributed by atoms with Crippen LogP contribution in [0.3, 0.4) is 0 Å². The normalized spacial score (nSPS) is 21.7. The molecular formula is C18H21F2N5O3S. The van der Waals surface area contributed by atoms with Crippen LogP contribution in [0.15, 0.2) is 29.3 Å². The highest BCUT2D eigenvalue weighted by Crippen LogP contribution is 2.56. The molecule has 2 aromatic rings. The van der Waals surface area contributed by atoms with E-state index >= 15 is 0 Å². The van der Waals surface area contributed by atoms with Gasteiger partial charge in [0.15, 0.2) is 5.69 Å². The third-order valence-electron chi connectivity index (χ3n) is 6.14. The van der Waals surface area contributed by atoms with Crippen molar-refractivity contribution in [3.63, 3.8) is 0 Å². The van der Waals surface area contributed by atoms with E-state index < -0.39 is 26.6 Å². The van der Waals surface area contributed by atoms with Gasteiger partial charge in [-0.05, 0) is 43.2 Å². The number of aromatic nitrogens is 3. The fraction of sp³-hybridized carbons (Fsp3) is 0.500. The number of piperidine rings is 1. The van der Waals surface area contributed by atoms with Gasteiger partial charge in [-0.25, -0.2) is 21.9 Å². The van der Waals surface area contributed by atoms with Crippen molar-refractivity contribution < 1.29 is 22.0 Å². The van der Waals surface area contributed by atoms with Crippen molar-refractivity contribution in [2.45, 2.75) is 36.6 Å². The molecule has 4 rings (SSSR count). The molecule has 1 aromatic carbocycles. The van der Waals surface area contributed by atoms with E-state index in [1.165, 1.54) is 11.4 Å². The number of nitrogens with one attached hydrogen (secondary N) is 1. The number of amides is 1. The molecule has 11 heteroatoms. The standard InChI is InChI=1S/C18H21F2N5O3S/c1-21-17(26)14-11-25(23-22-14)16-4-5-18(16)6-8-24(9-7-18)29(27,28)15-3-2-12(19)10-13(15)20/h2-3,10-11,16H,4-9H2,1H3,(H,21,26). The molecule has 2 fully saturated rings. The number of hydrogen-bond acceptors (Lipinski definition) is 5. The van der Waals surface area contributed by atoms with E-state index in [1.54, 1.807) is 10.9 Å². The molecule has 1 amide bonds. The number of hydrogen-bond donors (Lipinski definition) is 1. The lowest BCUT2D eigenvalue weighted by molar-refractivity contribution is -0.0160. The Kier molecular flexibility index (Phi) is 4.89. The minimum absolute atomic E-state index is 0.0424. The molecule has 1 N–H and O–H groups in total. The van der Waals surface area contributed by atoms with E-state index in [0.29, 0.717) is 18.9 Å². The van der Waals surface area contributed by atoms with Crippen molar-refractivity contribution in [2.75, 3.05) is 20.1 Å². The Hall–Kier alpha value is -2.40. The molecule has 1 spiro atoms. The van der Waals surface area contributed by atoms with E-state index in [2.05, 4.69) is 15.6 Å². The van der Waals surface area contributed by atoms with Gasteiger partial charge in [0.2, 0.25) is 10.0 Å². The van der Waals surface area contributed by atoms with Crippen LogP contribution in [-0.2, 0) is 10.0 Å². The van der Waals surface area contributed by atoms with Gasteiger partial charge in [0.1, 0.15) is 16.5 Å². The molecule has 1 aliphatic carbocycles. The minimum atomic E-state index is -4.03. The lowest BCUT2D eigenvalue weighted by Crippen LogP contribution is -2.51. The molecule has 0 bridgehead atoms. The second-order valence-corrected chi connectivity index (χ2v) is 9.46. The summed E-state index contributed by atoms with van der Waals surface area (Å²) in [5, 5.41) is 10.5. The molecule has 156 valence electrons. The summed E-state index contributed by atoms with van der Waals surface area (Å²) in [5.74, 6) is -2.22. The zero-order chi connectivity index (χ0) is 20.8. The Balaban J connectivity index is 1.49. The van der Waals surface area contributed by atoms with Crippen molar-refractivity contribution in [1.29, 1.82) is 0 Å². The molecule has 8 nitrogen and oxygen atoms in total. The van der Waals surface area contributed by atoms with Crippen molar-refractivity contribution in [1.82, 2.24) is 24.6 Å². The zero-order valence-electron chi connectivity index (χ0n) is 15.8. The quantitative estimate of drug-likeness (QED) is 0.805. The molecule has 1 unspecified atom stereocenters. The zero-order valence-corrected chi connectivity index (χ0v) is 16.6. The van der Waals surface area contributed by atoms with Gasteiger partial charge < -0.3 is 5.32 Å².